The Labute approximate surface area is 101 Å². The van der Waals surface area contributed by atoms with Crippen molar-refractivity contribution in [1.82, 2.24) is 19.7 Å². The van der Waals surface area contributed by atoms with Crippen molar-refractivity contribution in [2.45, 2.75) is 26.8 Å². The van der Waals surface area contributed by atoms with Gasteiger partial charge in [-0.05, 0) is 12.0 Å². The molecule has 2 rings (SSSR count). The summed E-state index contributed by atoms with van der Waals surface area (Å²) in [5.74, 6) is 2.03. The minimum Gasteiger partial charge on any atom is -0.383 e. The Hall–Kier alpha value is -1.91. The largest absolute Gasteiger partial charge is 0.383 e. The van der Waals surface area contributed by atoms with Gasteiger partial charge in [-0.2, -0.15) is 5.10 Å². The van der Waals surface area contributed by atoms with Gasteiger partial charge in [0.25, 0.3) is 0 Å². The summed E-state index contributed by atoms with van der Waals surface area (Å²) >= 11 is 0. The van der Waals surface area contributed by atoms with Gasteiger partial charge >= 0.3 is 0 Å². The van der Waals surface area contributed by atoms with Crippen LogP contribution in [0, 0.1) is 5.92 Å². The van der Waals surface area contributed by atoms with E-state index in [1.165, 1.54) is 0 Å². The molecule has 0 aliphatic carbocycles. The van der Waals surface area contributed by atoms with E-state index in [-0.39, 0.29) is 0 Å². The van der Waals surface area contributed by atoms with Crippen LogP contribution in [0.2, 0.25) is 0 Å². The normalized spacial score (nSPS) is 11.0. The van der Waals surface area contributed by atoms with Gasteiger partial charge in [0.05, 0.1) is 0 Å². The molecule has 0 bridgehead atoms. The lowest BCUT2D eigenvalue weighted by atomic mass is 10.1. The van der Waals surface area contributed by atoms with Gasteiger partial charge in [-0.15, -0.1) is 0 Å². The maximum Gasteiger partial charge on any atom is 0.138 e. The molecule has 2 aromatic rings. The van der Waals surface area contributed by atoms with Gasteiger partial charge in [0.15, 0.2) is 0 Å². The van der Waals surface area contributed by atoms with Crippen LogP contribution in [-0.4, -0.2) is 19.7 Å². The van der Waals surface area contributed by atoms with Crippen LogP contribution in [0.1, 0.15) is 25.2 Å². The fourth-order valence-electron chi connectivity index (χ4n) is 1.69. The van der Waals surface area contributed by atoms with Gasteiger partial charge in [0.1, 0.15) is 18.0 Å². The predicted octanol–water partition coefficient (Wildman–Crippen LogP) is 1.50. The van der Waals surface area contributed by atoms with Crippen LogP contribution in [0.4, 0.5) is 5.82 Å². The van der Waals surface area contributed by atoms with Crippen LogP contribution in [0.3, 0.4) is 0 Å². The number of rotatable bonds is 4. The maximum absolute atomic E-state index is 5.82. The second-order valence-electron chi connectivity index (χ2n) is 4.48. The highest BCUT2D eigenvalue weighted by Gasteiger charge is 2.09. The standard InChI is InChI=1S/C12H17N5/c1-9(2)7-17-11(15-8-16-17)6-10-4-3-5-14-12(10)13/h3-5,8-9H,6-7H2,1-2H3,(H2,13,14). The first-order valence-electron chi connectivity index (χ1n) is 5.73. The average molecular weight is 231 g/mol. The summed E-state index contributed by atoms with van der Waals surface area (Å²) in [6.07, 6.45) is 3.95. The number of pyridine rings is 1. The highest BCUT2D eigenvalue weighted by Crippen LogP contribution is 2.12. The summed E-state index contributed by atoms with van der Waals surface area (Å²) in [5.41, 5.74) is 6.81. The summed E-state index contributed by atoms with van der Waals surface area (Å²) in [6.45, 7) is 5.18. The molecule has 0 radical (unpaired) electrons. The van der Waals surface area contributed by atoms with Crippen LogP contribution >= 0.6 is 0 Å². The third kappa shape index (κ3) is 2.81. The summed E-state index contributed by atoms with van der Waals surface area (Å²) in [4.78, 5) is 8.34. The van der Waals surface area contributed by atoms with E-state index in [4.69, 9.17) is 5.73 Å². The Morgan fingerprint density at radius 1 is 1.35 bits per heavy atom. The van der Waals surface area contributed by atoms with E-state index in [1.807, 2.05) is 16.8 Å². The van der Waals surface area contributed by atoms with Gasteiger partial charge in [-0.25, -0.2) is 14.6 Å². The molecule has 0 atom stereocenters. The van der Waals surface area contributed by atoms with Crippen molar-refractivity contribution < 1.29 is 0 Å². The summed E-state index contributed by atoms with van der Waals surface area (Å²) in [5, 5.41) is 4.23. The minimum atomic E-state index is 0.543. The van der Waals surface area contributed by atoms with Crippen molar-refractivity contribution in [1.29, 1.82) is 0 Å². The lowest BCUT2D eigenvalue weighted by Gasteiger charge is -2.09. The smallest absolute Gasteiger partial charge is 0.138 e. The van der Waals surface area contributed by atoms with Gasteiger partial charge in [-0.1, -0.05) is 19.9 Å². The molecule has 0 unspecified atom stereocenters. The van der Waals surface area contributed by atoms with Crippen LogP contribution in [-0.2, 0) is 13.0 Å². The number of nitrogen functional groups attached to an aromatic ring is 1. The van der Waals surface area contributed by atoms with Gasteiger partial charge in [0.2, 0.25) is 0 Å². The summed E-state index contributed by atoms with van der Waals surface area (Å²) in [7, 11) is 0. The topological polar surface area (TPSA) is 69.6 Å². The van der Waals surface area contributed by atoms with Gasteiger partial charge in [-0.3, -0.25) is 0 Å². The molecule has 2 aromatic heterocycles. The first-order chi connectivity index (χ1) is 8.16. The van der Waals surface area contributed by atoms with Gasteiger partial charge < -0.3 is 5.73 Å². The monoisotopic (exact) mass is 231 g/mol. The first-order valence-corrected chi connectivity index (χ1v) is 5.73. The lowest BCUT2D eigenvalue weighted by molar-refractivity contribution is 0.469. The average Bonchev–Trinajstić information content (AvgIpc) is 2.68. The highest BCUT2D eigenvalue weighted by atomic mass is 15.3. The zero-order chi connectivity index (χ0) is 12.3. The number of anilines is 1. The lowest BCUT2D eigenvalue weighted by Crippen LogP contribution is -2.11. The van der Waals surface area contributed by atoms with E-state index in [9.17, 15) is 0 Å². The molecule has 0 aliphatic heterocycles. The highest BCUT2D eigenvalue weighted by molar-refractivity contribution is 5.40. The SMILES string of the molecule is CC(C)Cn1ncnc1Cc1cccnc1N. The molecule has 0 aliphatic rings. The molecule has 0 amide bonds. The Balaban J connectivity index is 2.19. The van der Waals surface area contributed by atoms with Crippen LogP contribution in [0.15, 0.2) is 24.7 Å². The number of nitrogens with zero attached hydrogens (tertiary/aromatic N) is 4. The van der Waals surface area contributed by atoms with E-state index in [0.29, 0.717) is 18.2 Å². The molecule has 2 N–H and O–H groups in total. The molecule has 0 saturated carbocycles. The van der Waals surface area contributed by atoms with Crippen molar-refractivity contribution in [3.8, 4) is 0 Å². The maximum atomic E-state index is 5.82. The zero-order valence-corrected chi connectivity index (χ0v) is 10.2. The Kier molecular flexibility index (Phi) is 3.37. The van der Waals surface area contributed by atoms with Crippen molar-refractivity contribution in [3.63, 3.8) is 0 Å². The first kappa shape index (κ1) is 11.6. The predicted molar refractivity (Wildman–Crippen MR) is 66.3 cm³/mol. The molecule has 2 heterocycles. The fourth-order valence-corrected chi connectivity index (χ4v) is 1.69. The van der Waals surface area contributed by atoms with Crippen molar-refractivity contribution in [2.24, 2.45) is 5.92 Å². The second kappa shape index (κ2) is 4.95. The number of nitrogens with two attached hydrogens (primary N) is 1. The number of hydrogen-bond donors (Lipinski definition) is 1. The third-order valence-corrected chi connectivity index (χ3v) is 2.51. The molecule has 0 saturated heterocycles. The van der Waals surface area contributed by atoms with E-state index >= 15 is 0 Å². The van der Waals surface area contributed by atoms with Crippen LogP contribution in [0.25, 0.3) is 0 Å². The number of hydrogen-bond acceptors (Lipinski definition) is 4. The third-order valence-electron chi connectivity index (χ3n) is 2.51. The molecule has 0 spiro atoms. The molecular formula is C12H17N5. The van der Waals surface area contributed by atoms with Crippen LogP contribution < -0.4 is 5.73 Å². The molecule has 5 heteroatoms. The molecule has 90 valence electrons. The van der Waals surface area contributed by atoms with Crippen molar-refractivity contribution in [2.75, 3.05) is 5.73 Å². The fraction of sp³-hybridized carbons (Fsp3) is 0.417. The van der Waals surface area contributed by atoms with E-state index in [2.05, 4.69) is 28.9 Å². The minimum absolute atomic E-state index is 0.543. The van der Waals surface area contributed by atoms with Crippen molar-refractivity contribution >= 4 is 5.82 Å². The Bertz CT molecular complexity index is 489. The molecule has 17 heavy (non-hydrogen) atoms. The Morgan fingerprint density at radius 2 is 2.18 bits per heavy atom. The second-order valence-corrected chi connectivity index (χ2v) is 4.48. The number of aromatic nitrogens is 4. The zero-order valence-electron chi connectivity index (χ0n) is 10.2. The molecular weight excluding hydrogens is 214 g/mol. The molecule has 5 nitrogen and oxygen atoms in total. The summed E-state index contributed by atoms with van der Waals surface area (Å²) in [6, 6.07) is 3.85. The molecule has 0 fully saturated rings. The van der Waals surface area contributed by atoms with E-state index in [1.54, 1.807) is 12.5 Å². The summed E-state index contributed by atoms with van der Waals surface area (Å²) < 4.78 is 1.93. The van der Waals surface area contributed by atoms with E-state index in [0.717, 1.165) is 17.9 Å². The Morgan fingerprint density at radius 3 is 2.88 bits per heavy atom. The van der Waals surface area contributed by atoms with Crippen molar-refractivity contribution in [3.05, 3.63) is 36.0 Å². The molecule has 0 aromatic carbocycles. The van der Waals surface area contributed by atoms with Gasteiger partial charge in [0, 0.05) is 24.7 Å². The van der Waals surface area contributed by atoms with Crippen LogP contribution in [0.5, 0.6) is 0 Å². The van der Waals surface area contributed by atoms with E-state index < -0.39 is 0 Å². The quantitative estimate of drug-likeness (QED) is 0.865.